The average molecular weight is 472 g/mol. The van der Waals surface area contributed by atoms with Crippen molar-refractivity contribution in [3.8, 4) is 33.4 Å². The molecule has 0 aliphatic rings. The van der Waals surface area contributed by atoms with Crippen molar-refractivity contribution < 1.29 is 4.74 Å². The molecule has 5 rings (SSSR count). The summed E-state index contributed by atoms with van der Waals surface area (Å²) < 4.78 is 7.66. The monoisotopic (exact) mass is 471 g/mol. The maximum absolute atomic E-state index is 5.60. The van der Waals surface area contributed by atoms with Crippen LogP contribution in [0, 0.1) is 0 Å². The maximum Gasteiger partial charge on any atom is 0.196 e. The molecule has 0 amide bonds. The lowest BCUT2D eigenvalue weighted by Gasteiger charge is -2.11. The molecule has 8 heteroatoms. The van der Waals surface area contributed by atoms with Crippen LogP contribution in [0.5, 0.6) is 5.75 Å². The molecule has 0 radical (unpaired) electrons. The lowest BCUT2D eigenvalue weighted by molar-refractivity contribution is 0.340. The third-order valence-electron chi connectivity index (χ3n) is 4.88. The molecule has 0 spiro atoms. The quantitative estimate of drug-likeness (QED) is 0.253. The van der Waals surface area contributed by atoms with Gasteiger partial charge in [-0.3, -0.25) is 9.55 Å². The van der Waals surface area contributed by atoms with Gasteiger partial charge in [-0.05, 0) is 43.3 Å². The first-order chi connectivity index (χ1) is 16.3. The highest BCUT2D eigenvalue weighted by Crippen LogP contribution is 2.31. The van der Waals surface area contributed by atoms with Crippen molar-refractivity contribution in [2.24, 2.45) is 0 Å². The van der Waals surface area contributed by atoms with Gasteiger partial charge in [0.05, 0.1) is 12.3 Å². The van der Waals surface area contributed by atoms with Crippen molar-refractivity contribution in [2.75, 3.05) is 6.61 Å². The molecule has 3 heterocycles. The van der Waals surface area contributed by atoms with Gasteiger partial charge in [0.2, 0.25) is 0 Å². The summed E-state index contributed by atoms with van der Waals surface area (Å²) in [6.45, 7) is 2.61. The van der Waals surface area contributed by atoms with E-state index in [0.717, 1.165) is 44.2 Å². The number of aromatic nitrogens is 5. The normalized spacial score (nSPS) is 10.9. The summed E-state index contributed by atoms with van der Waals surface area (Å²) >= 11 is 3.27. The van der Waals surface area contributed by atoms with Gasteiger partial charge in [-0.25, -0.2) is 4.98 Å². The number of rotatable bonds is 8. The van der Waals surface area contributed by atoms with Gasteiger partial charge >= 0.3 is 0 Å². The smallest absolute Gasteiger partial charge is 0.196 e. The van der Waals surface area contributed by atoms with Crippen LogP contribution in [-0.2, 0) is 5.75 Å². The predicted molar refractivity (Wildman–Crippen MR) is 133 cm³/mol. The van der Waals surface area contributed by atoms with E-state index in [1.54, 1.807) is 35.5 Å². The molecule has 0 bridgehead atoms. The standard InChI is InChI=1S/C25H21N5OS2/c1-2-31-22-12-10-21(11-13-22)30-23(19-9-6-14-26-15-19)28-29-25(30)33-17-20-16-32-24(27-20)18-7-4-3-5-8-18/h3-16H,2,17H2,1H3. The molecule has 0 atom stereocenters. The van der Waals surface area contributed by atoms with E-state index in [9.17, 15) is 0 Å². The van der Waals surface area contributed by atoms with Gasteiger partial charge in [-0.2, -0.15) is 0 Å². The van der Waals surface area contributed by atoms with Crippen LogP contribution in [0.1, 0.15) is 12.6 Å². The van der Waals surface area contributed by atoms with E-state index in [2.05, 4.69) is 37.3 Å². The second-order valence-electron chi connectivity index (χ2n) is 7.11. The van der Waals surface area contributed by atoms with Gasteiger partial charge in [-0.15, -0.1) is 21.5 Å². The number of ether oxygens (including phenoxy) is 1. The molecular formula is C25H21N5OS2. The fourth-order valence-corrected chi connectivity index (χ4v) is 5.14. The van der Waals surface area contributed by atoms with Crippen LogP contribution in [0.4, 0.5) is 0 Å². The van der Waals surface area contributed by atoms with Gasteiger partial charge in [0.1, 0.15) is 10.8 Å². The largest absolute Gasteiger partial charge is 0.494 e. The average Bonchev–Trinajstić information content (AvgIpc) is 3.52. The van der Waals surface area contributed by atoms with E-state index < -0.39 is 0 Å². The molecule has 2 aromatic carbocycles. The third kappa shape index (κ3) is 4.81. The summed E-state index contributed by atoms with van der Waals surface area (Å²) in [5, 5.41) is 12.9. The van der Waals surface area contributed by atoms with Gasteiger partial charge < -0.3 is 4.74 Å². The first-order valence-corrected chi connectivity index (χ1v) is 12.4. The Balaban J connectivity index is 1.44. The van der Waals surface area contributed by atoms with Gasteiger partial charge in [0.25, 0.3) is 0 Å². The number of thiazole rings is 1. The molecule has 0 saturated carbocycles. The van der Waals surface area contributed by atoms with E-state index >= 15 is 0 Å². The van der Waals surface area contributed by atoms with Gasteiger partial charge in [0.15, 0.2) is 11.0 Å². The molecule has 6 nitrogen and oxygen atoms in total. The SMILES string of the molecule is CCOc1ccc(-n2c(SCc3csc(-c4ccccc4)n3)nnc2-c2cccnc2)cc1. The van der Waals surface area contributed by atoms with E-state index in [1.807, 2.05) is 61.5 Å². The topological polar surface area (TPSA) is 65.7 Å². The van der Waals surface area contributed by atoms with Crippen molar-refractivity contribution >= 4 is 23.1 Å². The first kappa shape index (κ1) is 21.4. The van der Waals surface area contributed by atoms with E-state index in [-0.39, 0.29) is 0 Å². The minimum absolute atomic E-state index is 0.632. The Morgan fingerprint density at radius 2 is 1.76 bits per heavy atom. The number of benzene rings is 2. The van der Waals surface area contributed by atoms with Crippen LogP contribution in [-0.4, -0.2) is 31.3 Å². The second kappa shape index (κ2) is 9.97. The van der Waals surface area contributed by atoms with Crippen molar-refractivity contribution in [2.45, 2.75) is 17.8 Å². The number of hydrogen-bond acceptors (Lipinski definition) is 7. The molecule has 0 fully saturated rings. The summed E-state index contributed by atoms with van der Waals surface area (Å²) in [5.74, 6) is 2.28. The van der Waals surface area contributed by atoms with Gasteiger partial charge in [0, 0.05) is 40.3 Å². The lowest BCUT2D eigenvalue weighted by atomic mass is 10.2. The molecule has 33 heavy (non-hydrogen) atoms. The Hall–Kier alpha value is -3.49. The Morgan fingerprint density at radius 3 is 2.52 bits per heavy atom. The van der Waals surface area contributed by atoms with Crippen LogP contribution in [0.25, 0.3) is 27.6 Å². The minimum atomic E-state index is 0.632. The Labute approximate surface area is 200 Å². The summed E-state index contributed by atoms with van der Waals surface area (Å²) in [6, 6.07) is 22.1. The highest BCUT2D eigenvalue weighted by molar-refractivity contribution is 7.98. The van der Waals surface area contributed by atoms with Crippen molar-refractivity contribution in [1.29, 1.82) is 0 Å². The highest BCUT2D eigenvalue weighted by atomic mass is 32.2. The zero-order valence-electron chi connectivity index (χ0n) is 18.0. The van der Waals surface area contributed by atoms with Crippen molar-refractivity contribution in [3.63, 3.8) is 0 Å². The highest BCUT2D eigenvalue weighted by Gasteiger charge is 2.17. The number of hydrogen-bond donors (Lipinski definition) is 0. The molecule has 0 aliphatic heterocycles. The predicted octanol–water partition coefficient (Wildman–Crippen LogP) is 6.14. The summed E-state index contributed by atoms with van der Waals surface area (Å²) in [6.07, 6.45) is 3.55. The molecule has 5 aromatic rings. The van der Waals surface area contributed by atoms with Crippen molar-refractivity contribution in [1.82, 2.24) is 24.7 Å². The van der Waals surface area contributed by atoms with Crippen LogP contribution in [0.3, 0.4) is 0 Å². The number of thioether (sulfide) groups is 1. The van der Waals surface area contributed by atoms with Crippen LogP contribution in [0.15, 0.2) is 89.7 Å². The molecular weight excluding hydrogens is 450 g/mol. The lowest BCUT2D eigenvalue weighted by Crippen LogP contribution is -2.00. The van der Waals surface area contributed by atoms with E-state index in [1.165, 1.54) is 0 Å². The van der Waals surface area contributed by atoms with Crippen LogP contribution >= 0.6 is 23.1 Å². The molecule has 0 saturated heterocycles. The number of pyridine rings is 1. The Bertz CT molecular complexity index is 1320. The first-order valence-electron chi connectivity index (χ1n) is 10.5. The van der Waals surface area contributed by atoms with Crippen molar-refractivity contribution in [3.05, 3.63) is 90.2 Å². The summed E-state index contributed by atoms with van der Waals surface area (Å²) in [4.78, 5) is 9.06. The van der Waals surface area contributed by atoms with Crippen LogP contribution < -0.4 is 4.74 Å². The Morgan fingerprint density at radius 1 is 0.939 bits per heavy atom. The molecule has 0 aliphatic carbocycles. The molecule has 0 N–H and O–H groups in total. The second-order valence-corrected chi connectivity index (χ2v) is 8.91. The zero-order valence-corrected chi connectivity index (χ0v) is 19.6. The number of nitrogens with zero attached hydrogens (tertiary/aromatic N) is 5. The molecule has 3 aromatic heterocycles. The van der Waals surface area contributed by atoms with Crippen LogP contribution in [0.2, 0.25) is 0 Å². The third-order valence-corrected chi connectivity index (χ3v) is 6.78. The zero-order chi connectivity index (χ0) is 22.5. The summed E-state index contributed by atoms with van der Waals surface area (Å²) in [5.41, 5.74) is 4.03. The van der Waals surface area contributed by atoms with E-state index in [0.29, 0.717) is 12.4 Å². The maximum atomic E-state index is 5.60. The molecule has 164 valence electrons. The Kier molecular flexibility index (Phi) is 6.46. The fourth-order valence-electron chi connectivity index (χ4n) is 3.36. The summed E-state index contributed by atoms with van der Waals surface area (Å²) in [7, 11) is 0. The van der Waals surface area contributed by atoms with E-state index in [4.69, 9.17) is 9.72 Å². The minimum Gasteiger partial charge on any atom is -0.494 e. The fraction of sp³-hybridized carbons (Fsp3) is 0.120. The molecule has 0 unspecified atom stereocenters. The van der Waals surface area contributed by atoms with Gasteiger partial charge in [-0.1, -0.05) is 42.1 Å².